The fraction of sp³-hybridized carbons (Fsp3) is 0.400. The molecular weight excluding hydrogens is 505 g/mol. The number of rotatable bonds is 6. The third-order valence-corrected chi connectivity index (χ3v) is 8.59. The SMILES string of the molecule is CC[C@@]1(O)C(=O)OCc2c1cc1n(c2=O)Cc2c-1nc1cc(F)c(C)cc1c2[C@@H](C)NS(=O)(=O)CCO. The number of sulfonamides is 1. The van der Waals surface area contributed by atoms with Crippen molar-refractivity contribution in [3.05, 3.63) is 62.2 Å². The number of aliphatic hydroxyl groups excluding tert-OH is 1. The van der Waals surface area contributed by atoms with Gasteiger partial charge in [0.05, 0.1) is 41.4 Å². The Morgan fingerprint density at radius 1 is 1.27 bits per heavy atom. The Labute approximate surface area is 211 Å². The first-order valence-electron chi connectivity index (χ1n) is 11.8. The van der Waals surface area contributed by atoms with Gasteiger partial charge in [-0.05, 0) is 43.5 Å². The number of nitrogens with one attached hydrogen (secondary N) is 1. The molecule has 2 aliphatic heterocycles. The molecule has 0 spiro atoms. The van der Waals surface area contributed by atoms with Crippen LogP contribution in [0.25, 0.3) is 22.3 Å². The van der Waals surface area contributed by atoms with Gasteiger partial charge in [-0.1, -0.05) is 6.92 Å². The van der Waals surface area contributed by atoms with Crippen LogP contribution in [0.3, 0.4) is 0 Å². The van der Waals surface area contributed by atoms with Crippen LogP contribution in [0.5, 0.6) is 0 Å². The van der Waals surface area contributed by atoms with Crippen molar-refractivity contribution < 1.29 is 32.6 Å². The Kier molecular flexibility index (Phi) is 5.98. The number of esters is 1. The van der Waals surface area contributed by atoms with E-state index in [0.29, 0.717) is 33.5 Å². The Balaban J connectivity index is 1.79. The van der Waals surface area contributed by atoms with Crippen molar-refractivity contribution in [3.8, 4) is 11.4 Å². The highest BCUT2D eigenvalue weighted by Crippen LogP contribution is 2.42. The van der Waals surface area contributed by atoms with E-state index in [1.807, 2.05) is 0 Å². The average molecular weight is 532 g/mol. The molecule has 2 atom stereocenters. The summed E-state index contributed by atoms with van der Waals surface area (Å²) in [5.41, 5.74) is 0.175. The molecule has 37 heavy (non-hydrogen) atoms. The molecule has 0 aliphatic carbocycles. The highest BCUT2D eigenvalue weighted by atomic mass is 32.2. The minimum Gasteiger partial charge on any atom is -0.458 e. The maximum absolute atomic E-state index is 14.6. The monoisotopic (exact) mass is 531 g/mol. The van der Waals surface area contributed by atoms with Gasteiger partial charge in [-0.15, -0.1) is 0 Å². The van der Waals surface area contributed by atoms with E-state index in [1.165, 1.54) is 10.6 Å². The van der Waals surface area contributed by atoms with Gasteiger partial charge in [0.2, 0.25) is 10.0 Å². The molecule has 0 saturated heterocycles. The molecule has 0 unspecified atom stereocenters. The topological polar surface area (TPSA) is 148 Å². The number of carbonyl (C=O) groups excluding carboxylic acids is 1. The molecule has 0 radical (unpaired) electrons. The van der Waals surface area contributed by atoms with Crippen molar-refractivity contribution in [1.29, 1.82) is 0 Å². The Bertz CT molecular complexity index is 1650. The predicted octanol–water partition coefficient (Wildman–Crippen LogP) is 1.50. The van der Waals surface area contributed by atoms with E-state index in [0.717, 1.165) is 0 Å². The fourth-order valence-corrected chi connectivity index (χ4v) is 6.26. The Hall–Kier alpha value is -3.19. The van der Waals surface area contributed by atoms with Crippen LogP contribution in [0.4, 0.5) is 4.39 Å². The van der Waals surface area contributed by atoms with Gasteiger partial charge in [0.25, 0.3) is 5.56 Å². The Morgan fingerprint density at radius 2 is 2.00 bits per heavy atom. The summed E-state index contributed by atoms with van der Waals surface area (Å²) in [6, 6.07) is 3.57. The van der Waals surface area contributed by atoms with Crippen LogP contribution in [0.2, 0.25) is 0 Å². The molecule has 2 aromatic heterocycles. The van der Waals surface area contributed by atoms with Crippen molar-refractivity contribution in [1.82, 2.24) is 14.3 Å². The van der Waals surface area contributed by atoms with Crippen LogP contribution in [-0.4, -0.2) is 46.5 Å². The zero-order valence-corrected chi connectivity index (χ0v) is 21.3. The van der Waals surface area contributed by atoms with Crippen LogP contribution in [0.15, 0.2) is 23.0 Å². The molecular formula is C25H26FN3O7S. The molecule has 0 bridgehead atoms. The number of fused-ring (bicyclic) bond motifs is 5. The quantitative estimate of drug-likeness (QED) is 0.317. The summed E-state index contributed by atoms with van der Waals surface area (Å²) >= 11 is 0. The van der Waals surface area contributed by atoms with Gasteiger partial charge >= 0.3 is 5.97 Å². The zero-order valence-electron chi connectivity index (χ0n) is 20.5. The zero-order chi connectivity index (χ0) is 26.9. The van der Waals surface area contributed by atoms with E-state index >= 15 is 0 Å². The molecule has 4 heterocycles. The van der Waals surface area contributed by atoms with E-state index in [1.54, 1.807) is 32.9 Å². The maximum Gasteiger partial charge on any atom is 0.343 e. The number of hydrogen-bond acceptors (Lipinski definition) is 8. The van der Waals surface area contributed by atoms with Crippen molar-refractivity contribution >= 4 is 26.9 Å². The van der Waals surface area contributed by atoms with Crippen molar-refractivity contribution in [3.63, 3.8) is 0 Å². The van der Waals surface area contributed by atoms with Gasteiger partial charge in [-0.2, -0.15) is 0 Å². The lowest BCUT2D eigenvalue weighted by Gasteiger charge is -2.31. The molecule has 0 saturated carbocycles. The second-order valence-corrected chi connectivity index (χ2v) is 11.3. The summed E-state index contributed by atoms with van der Waals surface area (Å²) in [4.78, 5) is 30.6. The highest BCUT2D eigenvalue weighted by Gasteiger charge is 2.45. The van der Waals surface area contributed by atoms with Gasteiger partial charge < -0.3 is 19.5 Å². The summed E-state index contributed by atoms with van der Waals surface area (Å²) in [7, 11) is -3.85. The number of aromatic nitrogens is 2. The minimum absolute atomic E-state index is 0.0147. The van der Waals surface area contributed by atoms with Gasteiger partial charge in [0, 0.05) is 28.6 Å². The van der Waals surface area contributed by atoms with Crippen LogP contribution in [0.1, 0.15) is 54.1 Å². The summed E-state index contributed by atoms with van der Waals surface area (Å²) < 4.78 is 48.6. The van der Waals surface area contributed by atoms with Crippen molar-refractivity contribution in [2.24, 2.45) is 0 Å². The molecule has 0 amide bonds. The lowest BCUT2D eigenvalue weighted by Crippen LogP contribution is -2.44. The van der Waals surface area contributed by atoms with Crippen LogP contribution in [0, 0.1) is 12.7 Å². The number of pyridine rings is 2. The van der Waals surface area contributed by atoms with E-state index in [9.17, 15) is 27.5 Å². The predicted molar refractivity (Wildman–Crippen MR) is 132 cm³/mol. The summed E-state index contributed by atoms with van der Waals surface area (Å²) in [6.07, 6.45) is -0.0147. The average Bonchev–Trinajstić information content (AvgIpc) is 3.19. The molecule has 5 rings (SSSR count). The van der Waals surface area contributed by atoms with Crippen LogP contribution < -0.4 is 10.3 Å². The number of halogens is 1. The third kappa shape index (κ3) is 3.86. The Morgan fingerprint density at radius 3 is 2.68 bits per heavy atom. The number of hydrogen-bond donors (Lipinski definition) is 3. The number of benzene rings is 1. The van der Waals surface area contributed by atoms with Crippen LogP contribution >= 0.6 is 0 Å². The van der Waals surface area contributed by atoms with Crippen LogP contribution in [-0.2, 0) is 38.3 Å². The lowest BCUT2D eigenvalue weighted by atomic mass is 9.86. The third-order valence-electron chi connectivity index (χ3n) is 7.16. The fourth-order valence-electron chi connectivity index (χ4n) is 5.24. The second kappa shape index (κ2) is 8.69. The largest absolute Gasteiger partial charge is 0.458 e. The molecule has 196 valence electrons. The first-order chi connectivity index (χ1) is 17.4. The molecule has 3 aromatic rings. The highest BCUT2D eigenvalue weighted by molar-refractivity contribution is 7.89. The molecule has 2 aliphatic rings. The summed E-state index contributed by atoms with van der Waals surface area (Å²) in [6.45, 7) is 4.02. The first-order valence-corrected chi connectivity index (χ1v) is 13.5. The number of nitrogens with zero attached hydrogens (tertiary/aromatic N) is 2. The summed E-state index contributed by atoms with van der Waals surface area (Å²) in [5, 5.41) is 20.7. The molecule has 10 nitrogen and oxygen atoms in total. The lowest BCUT2D eigenvalue weighted by molar-refractivity contribution is -0.172. The standard InChI is InChI=1S/C25H26FN3O7S/c1-4-25(33)17-8-20-22-15(10-29(20)23(31)16(17)11-36-24(25)32)21(13(3)28-37(34,35)6-5-30)14-7-12(2)18(26)9-19(14)27-22/h7-9,13,28,30,33H,4-6,10-11H2,1-3H3/t13-,25+/m1/s1. The molecule has 1 aromatic carbocycles. The van der Waals surface area contributed by atoms with Crippen molar-refractivity contribution in [2.45, 2.75) is 52.0 Å². The smallest absolute Gasteiger partial charge is 0.343 e. The van der Waals surface area contributed by atoms with E-state index in [-0.39, 0.29) is 36.2 Å². The van der Waals surface area contributed by atoms with Gasteiger partial charge in [0.1, 0.15) is 12.4 Å². The number of aliphatic hydroxyl groups is 2. The van der Waals surface area contributed by atoms with Gasteiger partial charge in [-0.3, -0.25) is 4.79 Å². The van der Waals surface area contributed by atoms with E-state index in [4.69, 9.17) is 9.84 Å². The minimum atomic E-state index is -3.85. The molecule has 12 heteroatoms. The normalized spacial score (nSPS) is 19.4. The molecule has 0 fully saturated rings. The second-order valence-electron chi connectivity index (χ2n) is 9.46. The van der Waals surface area contributed by atoms with E-state index in [2.05, 4.69) is 9.71 Å². The first kappa shape index (κ1) is 25.5. The maximum atomic E-state index is 14.6. The van der Waals surface area contributed by atoms with Crippen molar-refractivity contribution in [2.75, 3.05) is 12.4 Å². The van der Waals surface area contributed by atoms with Gasteiger partial charge in [-0.25, -0.2) is 27.3 Å². The van der Waals surface area contributed by atoms with Gasteiger partial charge in [0.15, 0.2) is 5.60 Å². The van der Waals surface area contributed by atoms with E-state index < -0.39 is 51.4 Å². The number of carbonyl (C=O) groups is 1. The number of cyclic esters (lactones) is 1. The molecule has 3 N–H and O–H groups in total. The number of ether oxygens (including phenoxy) is 1. The summed E-state index contributed by atoms with van der Waals surface area (Å²) in [5.74, 6) is -1.84. The number of aryl methyl sites for hydroxylation is 1.